The molecule has 2 amide bonds. The van der Waals surface area contributed by atoms with Crippen LogP contribution < -0.4 is 15.4 Å². The minimum absolute atomic E-state index is 0.107. The number of anilines is 1. The number of amides is 2. The van der Waals surface area contributed by atoms with Gasteiger partial charge in [0.25, 0.3) is 0 Å². The minimum atomic E-state index is -0.159. The molecule has 4 saturated carbocycles. The number of hydrogen-bond acceptors (Lipinski definition) is 4. The van der Waals surface area contributed by atoms with E-state index in [1.807, 2.05) is 19.1 Å². The van der Waals surface area contributed by atoms with Crippen LogP contribution in [-0.2, 0) is 9.59 Å². The monoisotopic (exact) mass is 433 g/mol. The lowest BCUT2D eigenvalue weighted by atomic mass is 9.49. The Kier molecular flexibility index (Phi) is 5.62. The van der Waals surface area contributed by atoms with Gasteiger partial charge in [0.15, 0.2) is 0 Å². The molecule has 168 valence electrons. The van der Waals surface area contributed by atoms with Crippen molar-refractivity contribution in [2.75, 3.05) is 11.9 Å². The van der Waals surface area contributed by atoms with Gasteiger partial charge in [-0.15, -0.1) is 0 Å². The summed E-state index contributed by atoms with van der Waals surface area (Å²) in [7, 11) is 0. The Hall–Kier alpha value is -2.89. The lowest BCUT2D eigenvalue weighted by Gasteiger charge is -2.55. The van der Waals surface area contributed by atoms with Gasteiger partial charge in [0.1, 0.15) is 5.75 Å². The Morgan fingerprint density at radius 1 is 1.00 bits per heavy atom. The van der Waals surface area contributed by atoms with E-state index >= 15 is 0 Å². The maximum Gasteiger partial charge on any atom is 0.226 e. The molecule has 0 radical (unpaired) electrons. The summed E-state index contributed by atoms with van der Waals surface area (Å²) in [6, 6.07) is 11.0. The van der Waals surface area contributed by atoms with Gasteiger partial charge in [-0.25, -0.2) is 4.98 Å². The second kappa shape index (κ2) is 8.57. The highest BCUT2D eigenvalue weighted by atomic mass is 16.5. The van der Waals surface area contributed by atoms with Crippen molar-refractivity contribution in [3.8, 4) is 11.6 Å². The van der Waals surface area contributed by atoms with Gasteiger partial charge < -0.3 is 15.4 Å². The fourth-order valence-electron chi connectivity index (χ4n) is 6.33. The van der Waals surface area contributed by atoms with Gasteiger partial charge in [-0.1, -0.05) is 6.07 Å². The van der Waals surface area contributed by atoms with Crippen molar-refractivity contribution in [1.82, 2.24) is 10.3 Å². The van der Waals surface area contributed by atoms with E-state index in [1.165, 1.54) is 19.3 Å². The van der Waals surface area contributed by atoms with Crippen LogP contribution in [0.3, 0.4) is 0 Å². The fraction of sp³-hybridized carbons (Fsp3) is 0.500. The first kappa shape index (κ1) is 21.0. The quantitative estimate of drug-likeness (QED) is 0.655. The van der Waals surface area contributed by atoms with Crippen LogP contribution in [0.15, 0.2) is 42.6 Å². The molecular formula is C26H31N3O3. The molecule has 1 heterocycles. The molecule has 0 unspecified atom stereocenters. The van der Waals surface area contributed by atoms with Crippen molar-refractivity contribution in [1.29, 1.82) is 0 Å². The number of pyridine rings is 1. The zero-order valence-electron chi connectivity index (χ0n) is 18.6. The molecule has 2 N–H and O–H groups in total. The predicted octanol–water partition coefficient (Wildman–Crippen LogP) is 4.84. The number of carbonyl (C=O) groups excluding carboxylic acids is 2. The van der Waals surface area contributed by atoms with E-state index in [4.69, 9.17) is 4.74 Å². The number of nitrogens with one attached hydrogen (secondary N) is 2. The van der Waals surface area contributed by atoms with Crippen LogP contribution >= 0.6 is 0 Å². The maximum atomic E-state index is 13.0. The second-order valence-corrected chi connectivity index (χ2v) is 10.1. The van der Waals surface area contributed by atoms with Crippen molar-refractivity contribution in [2.45, 2.75) is 51.9 Å². The van der Waals surface area contributed by atoms with Crippen molar-refractivity contribution in [3.05, 3.63) is 48.2 Å². The molecule has 0 aliphatic heterocycles. The molecule has 0 saturated heterocycles. The third-order valence-electron chi connectivity index (χ3n) is 7.40. The normalized spacial score (nSPS) is 27.7. The number of aryl methyl sites for hydroxylation is 1. The van der Waals surface area contributed by atoms with Gasteiger partial charge in [0.05, 0.1) is 0 Å². The smallest absolute Gasteiger partial charge is 0.226 e. The standard InChI is InChI=1S/C26H31N3O3/c1-17-2-7-24(28-16-17)32-22-5-3-21(4-6-22)29-23(30)8-9-27-25(31)26-13-18-10-19(14-26)12-20(11-18)15-26/h2-7,16,18-20H,8-15H2,1H3,(H,27,31)(H,29,30). The predicted molar refractivity (Wildman–Crippen MR) is 122 cm³/mol. The summed E-state index contributed by atoms with van der Waals surface area (Å²) in [5, 5.41) is 5.96. The van der Waals surface area contributed by atoms with Crippen molar-refractivity contribution in [3.63, 3.8) is 0 Å². The molecule has 4 aliphatic carbocycles. The van der Waals surface area contributed by atoms with E-state index in [9.17, 15) is 9.59 Å². The molecule has 6 rings (SSSR count). The van der Waals surface area contributed by atoms with Crippen LogP contribution in [0.2, 0.25) is 0 Å². The summed E-state index contributed by atoms with van der Waals surface area (Å²) < 4.78 is 5.71. The number of hydrogen-bond donors (Lipinski definition) is 2. The highest BCUT2D eigenvalue weighted by molar-refractivity contribution is 5.91. The van der Waals surface area contributed by atoms with E-state index in [0.717, 1.165) is 42.6 Å². The van der Waals surface area contributed by atoms with E-state index in [1.54, 1.807) is 30.5 Å². The van der Waals surface area contributed by atoms with Crippen LogP contribution in [0.5, 0.6) is 11.6 Å². The molecule has 32 heavy (non-hydrogen) atoms. The third kappa shape index (κ3) is 4.50. The van der Waals surface area contributed by atoms with Crippen LogP contribution in [-0.4, -0.2) is 23.3 Å². The largest absolute Gasteiger partial charge is 0.439 e. The Labute approximate surface area is 189 Å². The first-order valence-electron chi connectivity index (χ1n) is 11.8. The summed E-state index contributed by atoms with van der Waals surface area (Å²) in [5.41, 5.74) is 1.61. The van der Waals surface area contributed by atoms with Crippen LogP contribution in [0.4, 0.5) is 5.69 Å². The highest BCUT2D eigenvalue weighted by Gasteiger charge is 2.54. The maximum absolute atomic E-state index is 13.0. The molecule has 6 heteroatoms. The van der Waals surface area contributed by atoms with Crippen LogP contribution in [0, 0.1) is 30.1 Å². The molecule has 1 aromatic carbocycles. The molecule has 6 nitrogen and oxygen atoms in total. The van der Waals surface area contributed by atoms with Gasteiger partial charge in [-0.3, -0.25) is 9.59 Å². The summed E-state index contributed by atoms with van der Waals surface area (Å²) >= 11 is 0. The molecule has 4 bridgehead atoms. The molecule has 2 aromatic rings. The highest BCUT2D eigenvalue weighted by Crippen LogP contribution is 2.60. The summed E-state index contributed by atoms with van der Waals surface area (Å²) in [6.45, 7) is 2.36. The number of carbonyl (C=O) groups is 2. The molecule has 0 spiro atoms. The topological polar surface area (TPSA) is 80.3 Å². The number of ether oxygens (including phenoxy) is 1. The Balaban J connectivity index is 1.08. The SMILES string of the molecule is Cc1ccc(Oc2ccc(NC(=O)CCNC(=O)C34CC5CC(CC(C5)C3)C4)cc2)nc1. The summed E-state index contributed by atoms with van der Waals surface area (Å²) in [4.78, 5) is 29.6. The van der Waals surface area contributed by atoms with Gasteiger partial charge >= 0.3 is 0 Å². The van der Waals surface area contributed by atoms with Crippen molar-refractivity contribution < 1.29 is 14.3 Å². The Morgan fingerprint density at radius 3 is 2.25 bits per heavy atom. The molecule has 4 fully saturated rings. The molecule has 4 aliphatic rings. The number of rotatable bonds is 7. The second-order valence-electron chi connectivity index (χ2n) is 10.1. The van der Waals surface area contributed by atoms with Crippen molar-refractivity contribution in [2.24, 2.45) is 23.2 Å². The average Bonchev–Trinajstić information content (AvgIpc) is 2.76. The van der Waals surface area contributed by atoms with Crippen LogP contribution in [0.1, 0.15) is 50.5 Å². The average molecular weight is 434 g/mol. The number of aromatic nitrogens is 1. The fourth-order valence-corrected chi connectivity index (χ4v) is 6.33. The van der Waals surface area contributed by atoms with Gasteiger partial charge in [-0.05, 0) is 93.0 Å². The lowest BCUT2D eigenvalue weighted by Crippen LogP contribution is -2.53. The van der Waals surface area contributed by atoms with E-state index in [2.05, 4.69) is 15.6 Å². The van der Waals surface area contributed by atoms with E-state index < -0.39 is 0 Å². The first-order chi connectivity index (χ1) is 15.5. The number of nitrogens with zero attached hydrogens (tertiary/aromatic N) is 1. The molecule has 1 aromatic heterocycles. The van der Waals surface area contributed by atoms with Gasteiger partial charge in [0.2, 0.25) is 17.7 Å². The summed E-state index contributed by atoms with van der Waals surface area (Å²) in [5.74, 6) is 3.47. The molecule has 0 atom stereocenters. The van der Waals surface area contributed by atoms with E-state index in [-0.39, 0.29) is 23.7 Å². The Bertz CT molecular complexity index is 949. The minimum Gasteiger partial charge on any atom is -0.439 e. The molecular weight excluding hydrogens is 402 g/mol. The Morgan fingerprint density at radius 2 is 1.66 bits per heavy atom. The third-order valence-corrected chi connectivity index (χ3v) is 7.40. The van der Waals surface area contributed by atoms with Crippen molar-refractivity contribution >= 4 is 17.5 Å². The zero-order chi connectivity index (χ0) is 22.1. The van der Waals surface area contributed by atoms with Gasteiger partial charge in [-0.2, -0.15) is 0 Å². The lowest BCUT2D eigenvalue weighted by molar-refractivity contribution is -0.146. The first-order valence-corrected chi connectivity index (χ1v) is 11.8. The van der Waals surface area contributed by atoms with Crippen LogP contribution in [0.25, 0.3) is 0 Å². The summed E-state index contributed by atoms with van der Waals surface area (Å²) in [6.07, 6.45) is 9.12. The van der Waals surface area contributed by atoms with E-state index in [0.29, 0.717) is 23.9 Å². The number of benzene rings is 1. The zero-order valence-corrected chi connectivity index (χ0v) is 18.6. The van der Waals surface area contributed by atoms with Gasteiger partial charge in [0, 0.05) is 36.3 Å².